The van der Waals surface area contributed by atoms with Crippen LogP contribution in [-0.2, 0) is 26.2 Å². The van der Waals surface area contributed by atoms with Crippen molar-refractivity contribution in [2.75, 3.05) is 10.8 Å². The Morgan fingerprint density at radius 3 is 2.16 bits per heavy atom. The number of nitrogens with one attached hydrogen (secondary N) is 1. The predicted molar refractivity (Wildman–Crippen MR) is 154 cm³/mol. The van der Waals surface area contributed by atoms with Crippen molar-refractivity contribution in [3.8, 4) is 0 Å². The first-order valence-corrected chi connectivity index (χ1v) is 14.6. The second-order valence-electron chi connectivity index (χ2n) is 9.65. The molecule has 7 nitrogen and oxygen atoms in total. The molecule has 0 spiro atoms. The van der Waals surface area contributed by atoms with E-state index in [0.717, 1.165) is 25.5 Å². The summed E-state index contributed by atoms with van der Waals surface area (Å²) >= 11 is 3.45. The average Bonchev–Trinajstić information content (AvgIpc) is 2.85. The van der Waals surface area contributed by atoms with Crippen LogP contribution in [0.5, 0.6) is 0 Å². The van der Waals surface area contributed by atoms with E-state index in [9.17, 15) is 18.0 Å². The number of carbonyl (C=O) groups excluding carboxylic acids is 2. The van der Waals surface area contributed by atoms with Gasteiger partial charge in [-0.05, 0) is 82.1 Å². The van der Waals surface area contributed by atoms with Crippen molar-refractivity contribution in [2.24, 2.45) is 0 Å². The fraction of sp³-hybridized carbons (Fsp3) is 0.310. The molecule has 1 N–H and O–H groups in total. The Bertz CT molecular complexity index is 1390. The molecular weight excluding hydrogens is 566 g/mol. The summed E-state index contributed by atoms with van der Waals surface area (Å²) in [5, 5.41) is 2.85. The maximum atomic E-state index is 13.9. The maximum Gasteiger partial charge on any atom is 0.264 e. The number of halogens is 1. The molecule has 3 rings (SSSR count). The minimum atomic E-state index is -4.08. The number of benzene rings is 3. The molecule has 1 atom stereocenters. The van der Waals surface area contributed by atoms with Gasteiger partial charge in [0.15, 0.2) is 0 Å². The second kappa shape index (κ2) is 12.6. The van der Waals surface area contributed by atoms with Gasteiger partial charge in [-0.1, -0.05) is 57.9 Å². The second-order valence-corrected chi connectivity index (χ2v) is 12.4. The van der Waals surface area contributed by atoms with E-state index in [1.165, 1.54) is 17.0 Å². The van der Waals surface area contributed by atoms with Gasteiger partial charge >= 0.3 is 0 Å². The predicted octanol–water partition coefficient (Wildman–Crippen LogP) is 5.20. The monoisotopic (exact) mass is 599 g/mol. The lowest BCUT2D eigenvalue weighted by atomic mass is 10.1. The van der Waals surface area contributed by atoms with E-state index in [-0.39, 0.29) is 23.4 Å². The van der Waals surface area contributed by atoms with Crippen molar-refractivity contribution < 1.29 is 18.0 Å². The Balaban J connectivity index is 2.03. The smallest absolute Gasteiger partial charge is 0.264 e. The van der Waals surface area contributed by atoms with Crippen LogP contribution >= 0.6 is 15.9 Å². The highest BCUT2D eigenvalue weighted by Crippen LogP contribution is 2.26. The van der Waals surface area contributed by atoms with Crippen molar-refractivity contribution in [2.45, 2.75) is 58.1 Å². The fourth-order valence-corrected chi connectivity index (χ4v) is 5.82. The summed E-state index contributed by atoms with van der Waals surface area (Å²) in [4.78, 5) is 28.4. The van der Waals surface area contributed by atoms with Crippen LogP contribution in [0.15, 0.2) is 82.2 Å². The van der Waals surface area contributed by atoms with Gasteiger partial charge in [-0.2, -0.15) is 0 Å². The number of amides is 2. The number of nitrogens with zero attached hydrogens (tertiary/aromatic N) is 2. The molecular formula is C29H34BrN3O4S. The van der Waals surface area contributed by atoms with Crippen LogP contribution < -0.4 is 9.62 Å². The van der Waals surface area contributed by atoms with E-state index in [4.69, 9.17) is 0 Å². The van der Waals surface area contributed by atoms with Gasteiger partial charge in [0, 0.05) is 17.1 Å². The summed E-state index contributed by atoms with van der Waals surface area (Å²) in [6.07, 6.45) is 0. The summed E-state index contributed by atoms with van der Waals surface area (Å²) in [5.41, 5.74) is 2.96. The highest BCUT2D eigenvalue weighted by Gasteiger charge is 2.32. The Morgan fingerprint density at radius 2 is 1.55 bits per heavy atom. The third kappa shape index (κ3) is 7.45. The summed E-state index contributed by atoms with van der Waals surface area (Å²) in [5.74, 6) is -0.805. The summed E-state index contributed by atoms with van der Waals surface area (Å²) in [6, 6.07) is 20.0. The SMILES string of the molecule is Cc1ccc(S(=O)(=O)N(CC(=O)N(Cc2cccc(Br)c2)C(C)C(=O)NC(C)C)c2cccc(C)c2)cc1. The lowest BCUT2D eigenvalue weighted by Crippen LogP contribution is -2.52. The Kier molecular flexibility index (Phi) is 9.73. The van der Waals surface area contributed by atoms with E-state index in [1.807, 2.05) is 58.0 Å². The molecule has 0 saturated carbocycles. The number of rotatable bonds is 10. The molecule has 0 saturated heterocycles. The molecule has 0 fully saturated rings. The van der Waals surface area contributed by atoms with Crippen molar-refractivity contribution in [3.05, 3.63) is 94.0 Å². The molecule has 38 heavy (non-hydrogen) atoms. The minimum Gasteiger partial charge on any atom is -0.352 e. The van der Waals surface area contributed by atoms with Crippen molar-refractivity contribution >= 4 is 43.5 Å². The third-order valence-electron chi connectivity index (χ3n) is 6.02. The molecule has 3 aromatic rings. The molecule has 0 aromatic heterocycles. The first-order valence-electron chi connectivity index (χ1n) is 12.4. The summed E-state index contributed by atoms with van der Waals surface area (Å²) < 4.78 is 29.6. The highest BCUT2D eigenvalue weighted by atomic mass is 79.9. The van der Waals surface area contributed by atoms with Crippen molar-refractivity contribution in [3.63, 3.8) is 0 Å². The van der Waals surface area contributed by atoms with Crippen LogP contribution in [0.2, 0.25) is 0 Å². The summed E-state index contributed by atoms with van der Waals surface area (Å²) in [7, 11) is -4.08. The Labute approximate surface area is 234 Å². The number of carbonyl (C=O) groups is 2. The molecule has 0 aliphatic heterocycles. The van der Waals surface area contributed by atoms with Crippen LogP contribution in [-0.4, -0.2) is 43.8 Å². The Morgan fingerprint density at radius 1 is 0.895 bits per heavy atom. The zero-order valence-corrected chi connectivity index (χ0v) is 24.7. The first kappa shape index (κ1) is 29.4. The van der Waals surface area contributed by atoms with Crippen molar-refractivity contribution in [1.82, 2.24) is 10.2 Å². The molecule has 2 amide bonds. The van der Waals surface area contributed by atoms with E-state index in [1.54, 1.807) is 37.3 Å². The number of aryl methyl sites for hydroxylation is 2. The largest absolute Gasteiger partial charge is 0.352 e. The van der Waals surface area contributed by atoms with Gasteiger partial charge in [-0.25, -0.2) is 8.42 Å². The molecule has 0 aliphatic rings. The Hall–Kier alpha value is -3.17. The number of hydrogen-bond acceptors (Lipinski definition) is 4. The van der Waals surface area contributed by atoms with Crippen LogP contribution in [0.3, 0.4) is 0 Å². The van der Waals surface area contributed by atoms with Crippen LogP contribution in [0.25, 0.3) is 0 Å². The van der Waals surface area contributed by atoms with E-state index < -0.39 is 28.5 Å². The van der Waals surface area contributed by atoms with Gasteiger partial charge in [0.25, 0.3) is 10.0 Å². The molecule has 0 aliphatic carbocycles. The molecule has 0 radical (unpaired) electrons. The number of sulfonamides is 1. The summed E-state index contributed by atoms with van der Waals surface area (Å²) in [6.45, 7) is 8.75. The van der Waals surface area contributed by atoms with Crippen molar-refractivity contribution in [1.29, 1.82) is 0 Å². The van der Waals surface area contributed by atoms with Gasteiger partial charge in [-0.3, -0.25) is 13.9 Å². The molecule has 3 aromatic carbocycles. The van der Waals surface area contributed by atoms with Gasteiger partial charge in [0.1, 0.15) is 12.6 Å². The zero-order valence-electron chi connectivity index (χ0n) is 22.3. The van der Waals surface area contributed by atoms with E-state index in [0.29, 0.717) is 5.69 Å². The van der Waals surface area contributed by atoms with Gasteiger partial charge in [-0.15, -0.1) is 0 Å². The quantitative estimate of drug-likeness (QED) is 0.347. The first-order chi connectivity index (χ1) is 17.9. The fourth-order valence-electron chi connectivity index (χ4n) is 3.97. The van der Waals surface area contributed by atoms with Crippen LogP contribution in [0, 0.1) is 13.8 Å². The van der Waals surface area contributed by atoms with Gasteiger partial charge < -0.3 is 10.2 Å². The average molecular weight is 601 g/mol. The standard InChI is InChI=1S/C29H34BrN3O4S/c1-20(2)31-29(35)23(5)32(18-24-9-7-10-25(30)17-24)28(34)19-33(26-11-6-8-22(4)16-26)38(36,37)27-14-12-21(3)13-15-27/h6-17,20,23H,18-19H2,1-5H3,(H,31,35). The molecule has 0 heterocycles. The number of anilines is 1. The molecule has 202 valence electrons. The number of hydrogen-bond donors (Lipinski definition) is 1. The zero-order chi connectivity index (χ0) is 28.0. The highest BCUT2D eigenvalue weighted by molar-refractivity contribution is 9.10. The lowest BCUT2D eigenvalue weighted by Gasteiger charge is -2.32. The van der Waals surface area contributed by atoms with E-state index >= 15 is 0 Å². The van der Waals surface area contributed by atoms with Crippen LogP contribution in [0.4, 0.5) is 5.69 Å². The third-order valence-corrected chi connectivity index (χ3v) is 8.30. The van der Waals surface area contributed by atoms with Gasteiger partial charge in [0.2, 0.25) is 11.8 Å². The van der Waals surface area contributed by atoms with Gasteiger partial charge in [0.05, 0.1) is 10.6 Å². The maximum absolute atomic E-state index is 13.9. The molecule has 9 heteroatoms. The molecule has 0 bridgehead atoms. The van der Waals surface area contributed by atoms with E-state index in [2.05, 4.69) is 21.2 Å². The molecule has 1 unspecified atom stereocenters. The normalized spacial score (nSPS) is 12.2. The lowest BCUT2D eigenvalue weighted by molar-refractivity contribution is -0.139. The minimum absolute atomic E-state index is 0.0848. The topological polar surface area (TPSA) is 86.8 Å². The van der Waals surface area contributed by atoms with Crippen LogP contribution in [0.1, 0.15) is 37.5 Å².